The molecule has 1 aromatic rings. The van der Waals surface area contributed by atoms with Crippen LogP contribution in [0, 0.1) is 5.92 Å². The van der Waals surface area contributed by atoms with Gasteiger partial charge in [0.2, 0.25) is 0 Å². The fraction of sp³-hybridized carbons (Fsp3) is 0.533. The van der Waals surface area contributed by atoms with Crippen molar-refractivity contribution in [3.63, 3.8) is 0 Å². The van der Waals surface area contributed by atoms with Crippen LogP contribution in [0.2, 0.25) is 5.02 Å². The van der Waals surface area contributed by atoms with Crippen LogP contribution in [0.4, 0.5) is 0 Å². The minimum atomic E-state index is -3.37. The van der Waals surface area contributed by atoms with Crippen molar-refractivity contribution in [2.75, 3.05) is 5.75 Å². The Hall–Kier alpha value is -0.870. The monoisotopic (exact) mass is 314 g/mol. The first-order valence-electron chi connectivity index (χ1n) is 6.89. The highest BCUT2D eigenvalue weighted by Crippen LogP contribution is 2.29. The molecule has 1 aliphatic carbocycles. The Labute approximate surface area is 125 Å². The van der Waals surface area contributed by atoms with Crippen molar-refractivity contribution in [1.82, 2.24) is 0 Å². The topological polar surface area (TPSA) is 51.2 Å². The summed E-state index contributed by atoms with van der Waals surface area (Å²) >= 11 is 5.83. The van der Waals surface area contributed by atoms with Gasteiger partial charge in [-0.2, -0.15) is 0 Å². The second-order valence-corrected chi connectivity index (χ2v) is 8.35. The third kappa shape index (κ3) is 3.83. The Balaban J connectivity index is 2.10. The lowest BCUT2D eigenvalue weighted by Gasteiger charge is -2.26. The lowest BCUT2D eigenvalue weighted by Crippen LogP contribution is -2.32. The van der Waals surface area contributed by atoms with Gasteiger partial charge in [-0.15, -0.1) is 0 Å². The van der Waals surface area contributed by atoms with Crippen LogP contribution in [0.15, 0.2) is 24.3 Å². The number of rotatable bonds is 4. The minimum absolute atomic E-state index is 0.366. The molecule has 20 heavy (non-hydrogen) atoms. The van der Waals surface area contributed by atoms with Gasteiger partial charge >= 0.3 is 0 Å². The van der Waals surface area contributed by atoms with Crippen molar-refractivity contribution in [2.24, 2.45) is 5.92 Å². The summed E-state index contributed by atoms with van der Waals surface area (Å²) in [4.78, 5) is 12.1. The van der Waals surface area contributed by atoms with E-state index in [2.05, 4.69) is 6.92 Å². The van der Waals surface area contributed by atoms with Gasteiger partial charge in [-0.1, -0.05) is 43.5 Å². The Bertz CT molecular complexity index is 595. The number of hydrogen-bond donors (Lipinski definition) is 0. The summed E-state index contributed by atoms with van der Waals surface area (Å²) in [6, 6.07) is 6.44. The number of halogens is 1. The molecule has 1 saturated carbocycles. The minimum Gasteiger partial charge on any atom is -0.293 e. The van der Waals surface area contributed by atoms with E-state index in [0.717, 1.165) is 12.8 Å². The Morgan fingerprint density at radius 1 is 1.35 bits per heavy atom. The number of Topliss-reactive ketones (excluding diaryl/α,β-unsaturated/α-hetero) is 1. The second kappa shape index (κ2) is 6.27. The van der Waals surface area contributed by atoms with E-state index in [1.807, 2.05) is 0 Å². The lowest BCUT2D eigenvalue weighted by molar-refractivity contribution is 0.102. The standard InChI is InChI=1S/C15H19ClO3S/c1-11-4-2-7-14(8-11)20(18,19)10-15(17)12-5-3-6-13(16)9-12/h3,5-6,9,11,14H,2,4,7-8,10H2,1H3. The predicted octanol–water partition coefficient (Wildman–Crippen LogP) is 3.52. The SMILES string of the molecule is CC1CCCC(S(=O)(=O)CC(=O)c2cccc(Cl)c2)C1. The fourth-order valence-corrected chi connectivity index (χ4v) is 4.86. The molecule has 0 radical (unpaired) electrons. The number of ketones is 1. The maximum absolute atomic E-state index is 12.3. The highest BCUT2D eigenvalue weighted by Gasteiger charge is 2.32. The van der Waals surface area contributed by atoms with Gasteiger partial charge in [-0.25, -0.2) is 8.42 Å². The molecule has 0 aliphatic heterocycles. The molecule has 0 spiro atoms. The van der Waals surface area contributed by atoms with E-state index in [1.54, 1.807) is 18.2 Å². The molecular weight excluding hydrogens is 296 g/mol. The lowest BCUT2D eigenvalue weighted by atomic mass is 9.91. The number of hydrogen-bond acceptors (Lipinski definition) is 3. The van der Waals surface area contributed by atoms with Gasteiger partial charge in [-0.05, 0) is 30.9 Å². The van der Waals surface area contributed by atoms with E-state index in [4.69, 9.17) is 11.6 Å². The van der Waals surface area contributed by atoms with Crippen molar-refractivity contribution in [2.45, 2.75) is 37.9 Å². The molecule has 0 saturated heterocycles. The summed E-state index contributed by atoms with van der Waals surface area (Å²) in [6.45, 7) is 2.07. The summed E-state index contributed by atoms with van der Waals surface area (Å²) < 4.78 is 24.7. The van der Waals surface area contributed by atoms with E-state index in [0.29, 0.717) is 29.3 Å². The van der Waals surface area contributed by atoms with E-state index in [-0.39, 0.29) is 11.0 Å². The molecule has 2 rings (SSSR count). The van der Waals surface area contributed by atoms with Gasteiger partial charge in [0.15, 0.2) is 15.6 Å². The zero-order chi connectivity index (χ0) is 14.8. The fourth-order valence-electron chi connectivity index (χ4n) is 2.75. The zero-order valence-electron chi connectivity index (χ0n) is 11.5. The third-order valence-electron chi connectivity index (χ3n) is 3.88. The second-order valence-electron chi connectivity index (χ2n) is 5.63. The van der Waals surface area contributed by atoms with Gasteiger partial charge in [0, 0.05) is 10.6 Å². The van der Waals surface area contributed by atoms with Gasteiger partial charge in [-0.3, -0.25) is 4.79 Å². The highest BCUT2D eigenvalue weighted by atomic mass is 35.5. The smallest absolute Gasteiger partial charge is 0.177 e. The van der Waals surface area contributed by atoms with Crippen LogP contribution in [-0.4, -0.2) is 25.2 Å². The summed E-state index contributed by atoms with van der Waals surface area (Å²) in [5.74, 6) is -0.361. The quantitative estimate of drug-likeness (QED) is 0.799. The molecule has 0 N–H and O–H groups in total. The number of carbonyl (C=O) groups excluding carboxylic acids is 1. The number of carbonyl (C=O) groups is 1. The van der Waals surface area contributed by atoms with Crippen molar-refractivity contribution < 1.29 is 13.2 Å². The number of sulfone groups is 1. The van der Waals surface area contributed by atoms with Gasteiger partial charge in [0.05, 0.1) is 5.25 Å². The summed E-state index contributed by atoms with van der Waals surface area (Å²) in [5.41, 5.74) is 0.366. The Morgan fingerprint density at radius 2 is 2.10 bits per heavy atom. The molecule has 1 fully saturated rings. The zero-order valence-corrected chi connectivity index (χ0v) is 13.1. The number of benzene rings is 1. The van der Waals surface area contributed by atoms with Crippen LogP contribution in [0.25, 0.3) is 0 Å². The molecule has 1 aromatic carbocycles. The Morgan fingerprint density at radius 3 is 2.75 bits per heavy atom. The van der Waals surface area contributed by atoms with Crippen molar-refractivity contribution in [1.29, 1.82) is 0 Å². The molecule has 110 valence electrons. The van der Waals surface area contributed by atoms with Crippen molar-refractivity contribution in [3.05, 3.63) is 34.9 Å². The first-order valence-corrected chi connectivity index (χ1v) is 8.98. The normalized spacial score (nSPS) is 23.5. The highest BCUT2D eigenvalue weighted by molar-refractivity contribution is 7.92. The van der Waals surface area contributed by atoms with E-state index in [9.17, 15) is 13.2 Å². The Kier molecular flexibility index (Phi) is 4.86. The summed E-state index contributed by atoms with van der Waals surface area (Å²) in [6.07, 6.45) is 3.35. The first kappa shape index (κ1) is 15.5. The molecule has 2 unspecified atom stereocenters. The van der Waals surface area contributed by atoms with Crippen molar-refractivity contribution in [3.8, 4) is 0 Å². The molecule has 0 heterocycles. The third-order valence-corrected chi connectivity index (χ3v) is 6.22. The van der Waals surface area contributed by atoms with E-state index in [1.165, 1.54) is 6.07 Å². The maximum atomic E-state index is 12.3. The van der Waals surface area contributed by atoms with Crippen LogP contribution < -0.4 is 0 Å². The maximum Gasteiger partial charge on any atom is 0.177 e. The molecule has 0 amide bonds. The van der Waals surface area contributed by atoms with Crippen LogP contribution in [0.1, 0.15) is 43.0 Å². The molecule has 5 heteroatoms. The average Bonchev–Trinajstić information content (AvgIpc) is 2.38. The predicted molar refractivity (Wildman–Crippen MR) is 81.0 cm³/mol. The first-order chi connectivity index (χ1) is 9.38. The van der Waals surface area contributed by atoms with Crippen LogP contribution >= 0.6 is 11.6 Å². The van der Waals surface area contributed by atoms with E-state index < -0.39 is 15.6 Å². The van der Waals surface area contributed by atoms with E-state index >= 15 is 0 Å². The summed E-state index contributed by atoms with van der Waals surface area (Å²) in [7, 11) is -3.37. The largest absolute Gasteiger partial charge is 0.293 e. The molecule has 1 aliphatic rings. The van der Waals surface area contributed by atoms with Crippen LogP contribution in [-0.2, 0) is 9.84 Å². The van der Waals surface area contributed by atoms with Crippen LogP contribution in [0.5, 0.6) is 0 Å². The van der Waals surface area contributed by atoms with Crippen molar-refractivity contribution >= 4 is 27.2 Å². The molecule has 0 bridgehead atoms. The molecule has 2 atom stereocenters. The molecule has 0 aromatic heterocycles. The van der Waals surface area contributed by atoms with Gasteiger partial charge < -0.3 is 0 Å². The van der Waals surface area contributed by atoms with Gasteiger partial charge in [0.25, 0.3) is 0 Å². The molecular formula is C15H19ClO3S. The van der Waals surface area contributed by atoms with Gasteiger partial charge in [0.1, 0.15) is 5.75 Å². The average molecular weight is 315 g/mol. The summed E-state index contributed by atoms with van der Waals surface area (Å²) in [5, 5.41) is 0.0777. The molecule has 3 nitrogen and oxygen atoms in total. The van der Waals surface area contributed by atoms with Crippen LogP contribution in [0.3, 0.4) is 0 Å².